The summed E-state index contributed by atoms with van der Waals surface area (Å²) < 4.78 is 0.293. The average molecular weight is 585 g/mol. The number of aliphatic hydroxyl groups excluding tert-OH is 3. The molecule has 6 atom stereocenters. The molecule has 3 aliphatic rings. The Kier molecular flexibility index (Phi) is 5.51. The predicted molar refractivity (Wildman–Crippen MR) is 127 cm³/mol. The second-order valence-corrected chi connectivity index (χ2v) is 10.3. The summed E-state index contributed by atoms with van der Waals surface area (Å²) in [7, 11) is 2.89. The van der Waals surface area contributed by atoms with E-state index in [1.54, 1.807) is 29.5 Å². The second-order valence-electron chi connectivity index (χ2n) is 9.13. The average Bonchev–Trinajstić information content (AvgIpc) is 2.73. The number of anilines is 1. The zero-order valence-corrected chi connectivity index (χ0v) is 20.6. The number of fused-ring (bicyclic) bond motifs is 3. The molecule has 1 aromatic carbocycles. The summed E-state index contributed by atoms with van der Waals surface area (Å²) in [5.74, 6) is -9.36. The normalized spacial score (nSPS) is 33.1. The van der Waals surface area contributed by atoms with Gasteiger partial charge in [-0.25, -0.2) is 0 Å². The van der Waals surface area contributed by atoms with Crippen LogP contribution in [-0.4, -0.2) is 79.7 Å². The Labute approximate surface area is 207 Å². The van der Waals surface area contributed by atoms with Gasteiger partial charge in [0.2, 0.25) is 5.78 Å². The van der Waals surface area contributed by atoms with Gasteiger partial charge in [0.25, 0.3) is 5.91 Å². The molecule has 11 nitrogen and oxygen atoms in total. The first-order valence-electron chi connectivity index (χ1n) is 10.3. The minimum atomic E-state index is -2.94. The number of Topliss-reactive ketones (excluding diaryl/α,β-unsaturated/α-hetero) is 2. The molecule has 0 saturated heterocycles. The number of amides is 1. The number of carbonyl (C=O) groups is 3. The molecule has 34 heavy (non-hydrogen) atoms. The van der Waals surface area contributed by atoms with E-state index in [2.05, 4.69) is 0 Å². The maximum absolute atomic E-state index is 13.8. The fraction of sp³-hybridized carbons (Fsp3) is 0.409. The molecule has 182 valence electrons. The number of aliphatic hydroxyl groups is 4. The van der Waals surface area contributed by atoms with Crippen molar-refractivity contribution in [3.63, 3.8) is 0 Å². The lowest BCUT2D eigenvalue weighted by atomic mass is 9.54. The van der Waals surface area contributed by atoms with Crippen LogP contribution < -0.4 is 11.5 Å². The molecule has 0 bridgehead atoms. The van der Waals surface area contributed by atoms with Crippen LogP contribution in [0, 0.1) is 15.4 Å². The molecule has 4 unspecified atom stereocenters. The molecule has 1 amide bonds. The van der Waals surface area contributed by atoms with Gasteiger partial charge in [0.15, 0.2) is 11.4 Å². The summed E-state index contributed by atoms with van der Waals surface area (Å²) in [5, 5.41) is 55.7. The first-order valence-corrected chi connectivity index (χ1v) is 11.4. The number of hydrogen-bond acceptors (Lipinski definition) is 10. The number of aromatic hydroxyl groups is 1. The highest BCUT2D eigenvalue weighted by Crippen LogP contribution is 2.57. The number of phenolic OH excluding ortho intramolecular Hbond substituents is 1. The van der Waals surface area contributed by atoms with Crippen molar-refractivity contribution in [2.24, 2.45) is 17.6 Å². The first-order chi connectivity index (χ1) is 15.7. The Morgan fingerprint density at radius 3 is 2.32 bits per heavy atom. The molecule has 1 fully saturated rings. The van der Waals surface area contributed by atoms with Gasteiger partial charge in [-0.2, -0.15) is 0 Å². The SMILES string of the molecule is CC1c2c(N)cc(I)c(O)c2C(O)=C2C(=O)[C@]3(O)C(O)=C(C(N)=O)C(=O)[C@@H](N(C)C)C3C(O)C21. The van der Waals surface area contributed by atoms with Crippen LogP contribution in [0.4, 0.5) is 5.69 Å². The third-order valence-corrected chi connectivity index (χ3v) is 8.03. The smallest absolute Gasteiger partial charge is 0.255 e. The number of likely N-dealkylation sites (N-methyl/N-ethyl adjacent to an activating group) is 1. The van der Waals surface area contributed by atoms with Crippen molar-refractivity contribution in [3.8, 4) is 5.75 Å². The largest absolute Gasteiger partial charge is 0.508 e. The fourth-order valence-corrected chi connectivity index (χ4v) is 6.38. The van der Waals surface area contributed by atoms with Gasteiger partial charge in [-0.15, -0.1) is 0 Å². The molecule has 9 N–H and O–H groups in total. The van der Waals surface area contributed by atoms with Crippen LogP contribution in [0.25, 0.3) is 5.76 Å². The molecule has 0 heterocycles. The summed E-state index contributed by atoms with van der Waals surface area (Å²) >= 11 is 1.80. The maximum atomic E-state index is 13.8. The number of nitrogen functional groups attached to an aromatic ring is 1. The number of nitrogens with two attached hydrogens (primary N) is 2. The van der Waals surface area contributed by atoms with Crippen LogP contribution in [0.5, 0.6) is 5.75 Å². The molecular weight excluding hydrogens is 561 g/mol. The summed E-state index contributed by atoms with van der Waals surface area (Å²) in [6, 6.07) is 0.0826. The van der Waals surface area contributed by atoms with E-state index in [-0.39, 0.29) is 17.0 Å². The van der Waals surface area contributed by atoms with Crippen molar-refractivity contribution >= 4 is 51.5 Å². The first kappa shape index (κ1) is 24.4. The van der Waals surface area contributed by atoms with E-state index < -0.39 is 75.6 Å². The van der Waals surface area contributed by atoms with Gasteiger partial charge in [0.1, 0.15) is 22.8 Å². The van der Waals surface area contributed by atoms with Crippen molar-refractivity contribution in [1.29, 1.82) is 0 Å². The lowest BCUT2D eigenvalue weighted by Crippen LogP contribution is -2.70. The molecule has 0 aliphatic heterocycles. The molecule has 1 saturated carbocycles. The monoisotopic (exact) mass is 585 g/mol. The number of phenols is 1. The predicted octanol–water partition coefficient (Wildman–Crippen LogP) is -0.317. The fourth-order valence-electron chi connectivity index (χ4n) is 5.77. The Balaban J connectivity index is 2.10. The lowest BCUT2D eigenvalue weighted by molar-refractivity contribution is -0.169. The van der Waals surface area contributed by atoms with Gasteiger partial charge in [0, 0.05) is 17.2 Å². The van der Waals surface area contributed by atoms with Gasteiger partial charge < -0.3 is 37.0 Å². The lowest BCUT2D eigenvalue weighted by Gasteiger charge is -2.53. The van der Waals surface area contributed by atoms with Crippen molar-refractivity contribution in [2.75, 3.05) is 19.8 Å². The Morgan fingerprint density at radius 1 is 1.21 bits per heavy atom. The van der Waals surface area contributed by atoms with Gasteiger partial charge >= 0.3 is 0 Å². The highest BCUT2D eigenvalue weighted by molar-refractivity contribution is 14.1. The number of hydrogen-bond donors (Lipinski definition) is 7. The molecule has 3 aliphatic carbocycles. The maximum Gasteiger partial charge on any atom is 0.255 e. The third-order valence-electron chi connectivity index (χ3n) is 7.21. The zero-order chi connectivity index (χ0) is 25.6. The minimum Gasteiger partial charge on any atom is -0.508 e. The van der Waals surface area contributed by atoms with Crippen molar-refractivity contribution in [2.45, 2.75) is 30.6 Å². The minimum absolute atomic E-state index is 0.125. The van der Waals surface area contributed by atoms with Gasteiger partial charge in [-0.1, -0.05) is 6.92 Å². The zero-order valence-electron chi connectivity index (χ0n) is 18.4. The van der Waals surface area contributed by atoms with Crippen LogP contribution in [0.3, 0.4) is 0 Å². The number of primary amides is 1. The van der Waals surface area contributed by atoms with Crippen LogP contribution in [0.15, 0.2) is 23.0 Å². The van der Waals surface area contributed by atoms with E-state index in [9.17, 15) is 39.9 Å². The van der Waals surface area contributed by atoms with E-state index in [4.69, 9.17) is 11.5 Å². The van der Waals surface area contributed by atoms with E-state index in [0.717, 1.165) is 0 Å². The topological polar surface area (TPSA) is 208 Å². The number of carbonyl (C=O) groups excluding carboxylic acids is 3. The molecular formula is C22H24IN3O8. The second kappa shape index (κ2) is 7.66. The summed E-state index contributed by atoms with van der Waals surface area (Å²) in [6.45, 7) is 1.62. The number of halogens is 1. The Bertz CT molecular complexity index is 1240. The van der Waals surface area contributed by atoms with Crippen LogP contribution >= 0.6 is 22.6 Å². The Morgan fingerprint density at radius 2 is 1.79 bits per heavy atom. The van der Waals surface area contributed by atoms with Gasteiger partial charge in [-0.05, 0) is 54.2 Å². The van der Waals surface area contributed by atoms with Crippen LogP contribution in [0.1, 0.15) is 24.0 Å². The van der Waals surface area contributed by atoms with Gasteiger partial charge in [0.05, 0.1) is 27.2 Å². The molecule has 0 spiro atoms. The molecule has 0 aromatic heterocycles. The van der Waals surface area contributed by atoms with E-state index in [1.807, 2.05) is 0 Å². The standard InChI is InChI=1S/C22H24IN3O8/c1-5-8-7(24)4-6(23)15(27)10(8)16(28)11-9(5)17(29)13-14(26(2)3)18(30)12(21(25)33)20(32)22(13,34)19(11)31/h4-5,9,13-14,17,27-29,32,34H,24H2,1-3H3,(H2,25,33)/t5?,9?,13?,14-,17?,22-/m0/s1. The number of nitrogens with zero attached hydrogens (tertiary/aromatic N) is 1. The van der Waals surface area contributed by atoms with E-state index in [0.29, 0.717) is 9.13 Å². The van der Waals surface area contributed by atoms with Crippen molar-refractivity contribution in [1.82, 2.24) is 4.90 Å². The molecule has 1 aromatic rings. The summed E-state index contributed by atoms with van der Waals surface area (Å²) in [5.41, 5.74) is 7.48. The quantitative estimate of drug-likeness (QED) is 0.104. The number of benzene rings is 1. The highest BCUT2D eigenvalue weighted by Gasteiger charge is 2.68. The number of rotatable bonds is 2. The summed E-state index contributed by atoms with van der Waals surface area (Å²) in [6.07, 6.45) is -1.66. The number of ketones is 2. The van der Waals surface area contributed by atoms with Gasteiger partial charge in [-0.3, -0.25) is 19.3 Å². The van der Waals surface area contributed by atoms with Crippen LogP contribution in [-0.2, 0) is 14.4 Å². The molecule has 12 heteroatoms. The molecule has 0 radical (unpaired) electrons. The Hall–Kier alpha value is -2.68. The van der Waals surface area contributed by atoms with Crippen molar-refractivity contribution < 1.29 is 39.9 Å². The van der Waals surface area contributed by atoms with E-state index >= 15 is 0 Å². The highest BCUT2D eigenvalue weighted by atomic mass is 127. The molecule has 4 rings (SSSR count). The summed E-state index contributed by atoms with van der Waals surface area (Å²) in [4.78, 5) is 40.2. The van der Waals surface area contributed by atoms with Crippen LogP contribution in [0.2, 0.25) is 0 Å². The van der Waals surface area contributed by atoms with E-state index in [1.165, 1.54) is 25.1 Å². The third kappa shape index (κ3) is 2.82. The van der Waals surface area contributed by atoms with Crippen molar-refractivity contribution in [3.05, 3.63) is 37.7 Å².